The first-order valence-electron chi connectivity index (χ1n) is 8.92. The number of carbonyl (C=O) groups excluding carboxylic acids is 1. The van der Waals surface area contributed by atoms with Crippen LogP contribution in [0.15, 0.2) is 30.3 Å². The van der Waals surface area contributed by atoms with Crippen LogP contribution in [0.25, 0.3) is 0 Å². The quantitative estimate of drug-likeness (QED) is 0.908. The standard InChI is InChI=1S/C19H29N3O2/c1-16(23)22-10-8-19(24,9-11-22)15-21-13-12-20(2)18(14-21)17-6-4-3-5-7-17/h3-7,18,24H,8-15H2,1-2H3/t18-/m1/s1. The van der Waals surface area contributed by atoms with E-state index in [-0.39, 0.29) is 5.91 Å². The van der Waals surface area contributed by atoms with Crippen molar-refractivity contribution in [3.8, 4) is 0 Å². The fraction of sp³-hybridized carbons (Fsp3) is 0.632. The molecule has 2 aliphatic heterocycles. The number of amides is 1. The fourth-order valence-electron chi connectivity index (χ4n) is 3.92. The number of piperidine rings is 1. The zero-order valence-electron chi connectivity index (χ0n) is 14.8. The minimum atomic E-state index is -0.664. The van der Waals surface area contributed by atoms with Gasteiger partial charge in [0.2, 0.25) is 5.91 Å². The van der Waals surface area contributed by atoms with Crippen LogP contribution in [0.4, 0.5) is 0 Å². The van der Waals surface area contributed by atoms with Crippen LogP contribution in [0, 0.1) is 0 Å². The van der Waals surface area contributed by atoms with Crippen molar-refractivity contribution in [2.75, 3.05) is 46.3 Å². The lowest BCUT2D eigenvalue weighted by atomic mass is 9.90. The number of carbonyl (C=O) groups is 1. The van der Waals surface area contributed by atoms with Gasteiger partial charge in [0.1, 0.15) is 0 Å². The van der Waals surface area contributed by atoms with Crippen LogP contribution in [0.1, 0.15) is 31.4 Å². The predicted molar refractivity (Wildman–Crippen MR) is 94.7 cm³/mol. The van der Waals surface area contributed by atoms with Gasteiger partial charge in [-0.25, -0.2) is 0 Å². The third kappa shape index (κ3) is 3.97. The van der Waals surface area contributed by atoms with Gasteiger partial charge in [-0.2, -0.15) is 0 Å². The molecule has 2 heterocycles. The van der Waals surface area contributed by atoms with Gasteiger partial charge in [-0.1, -0.05) is 30.3 Å². The summed E-state index contributed by atoms with van der Waals surface area (Å²) in [5.41, 5.74) is 0.673. The lowest BCUT2D eigenvalue weighted by Crippen LogP contribution is -2.55. The first kappa shape index (κ1) is 17.4. The zero-order chi connectivity index (χ0) is 17.2. The lowest BCUT2D eigenvalue weighted by molar-refractivity contribution is -0.134. The molecule has 1 aromatic carbocycles. The van der Waals surface area contributed by atoms with Gasteiger partial charge in [-0.3, -0.25) is 14.6 Å². The molecule has 0 aromatic heterocycles. The molecule has 24 heavy (non-hydrogen) atoms. The van der Waals surface area contributed by atoms with E-state index in [0.29, 0.717) is 38.5 Å². The van der Waals surface area contributed by atoms with E-state index in [0.717, 1.165) is 19.6 Å². The largest absolute Gasteiger partial charge is 0.388 e. The van der Waals surface area contributed by atoms with Gasteiger partial charge < -0.3 is 10.0 Å². The molecule has 3 rings (SSSR count). The van der Waals surface area contributed by atoms with Crippen molar-refractivity contribution in [1.29, 1.82) is 0 Å². The van der Waals surface area contributed by atoms with E-state index in [1.165, 1.54) is 5.56 Å². The highest BCUT2D eigenvalue weighted by Gasteiger charge is 2.36. The molecule has 2 fully saturated rings. The molecule has 0 saturated carbocycles. The molecule has 0 spiro atoms. The van der Waals surface area contributed by atoms with Crippen LogP contribution in [-0.4, -0.2) is 77.6 Å². The van der Waals surface area contributed by atoms with Crippen molar-refractivity contribution in [3.63, 3.8) is 0 Å². The van der Waals surface area contributed by atoms with Gasteiger partial charge >= 0.3 is 0 Å². The van der Waals surface area contributed by atoms with Crippen molar-refractivity contribution >= 4 is 5.91 Å². The summed E-state index contributed by atoms with van der Waals surface area (Å²) in [7, 11) is 2.18. The SMILES string of the molecule is CC(=O)N1CCC(O)(CN2CCN(C)[C@@H](c3ccccc3)C2)CC1. The highest BCUT2D eigenvalue weighted by atomic mass is 16.3. The molecular formula is C19H29N3O2. The second-order valence-electron chi connectivity index (χ2n) is 7.37. The minimum absolute atomic E-state index is 0.112. The Bertz CT molecular complexity index is 555. The predicted octanol–water partition coefficient (Wildman–Crippen LogP) is 1.35. The minimum Gasteiger partial charge on any atom is -0.388 e. The summed E-state index contributed by atoms with van der Waals surface area (Å²) in [6.45, 7) is 6.58. The maximum Gasteiger partial charge on any atom is 0.219 e. The van der Waals surface area contributed by atoms with Gasteiger partial charge in [0.05, 0.1) is 5.60 Å². The van der Waals surface area contributed by atoms with E-state index in [1.807, 2.05) is 4.90 Å². The molecule has 1 amide bonds. The number of hydrogen-bond donors (Lipinski definition) is 1. The number of hydrogen-bond acceptors (Lipinski definition) is 4. The summed E-state index contributed by atoms with van der Waals surface area (Å²) >= 11 is 0. The lowest BCUT2D eigenvalue weighted by Gasteiger charge is -2.45. The number of rotatable bonds is 3. The molecule has 5 nitrogen and oxygen atoms in total. The summed E-state index contributed by atoms with van der Waals surface area (Å²) in [5, 5.41) is 11.0. The summed E-state index contributed by atoms with van der Waals surface area (Å²) in [5.74, 6) is 0.112. The maximum absolute atomic E-state index is 11.5. The molecule has 0 unspecified atom stereocenters. The van der Waals surface area contributed by atoms with Crippen LogP contribution in [0.3, 0.4) is 0 Å². The van der Waals surface area contributed by atoms with Gasteiger partial charge in [0.15, 0.2) is 0 Å². The van der Waals surface area contributed by atoms with E-state index in [9.17, 15) is 9.90 Å². The average Bonchev–Trinajstić information content (AvgIpc) is 2.57. The third-order valence-corrected chi connectivity index (χ3v) is 5.57. The van der Waals surface area contributed by atoms with Crippen molar-refractivity contribution in [2.24, 2.45) is 0 Å². The molecule has 2 aliphatic rings. The third-order valence-electron chi connectivity index (χ3n) is 5.57. The molecule has 0 radical (unpaired) electrons. The Morgan fingerprint density at radius 3 is 2.46 bits per heavy atom. The number of likely N-dealkylation sites (N-methyl/N-ethyl adjacent to an activating group) is 1. The molecular weight excluding hydrogens is 302 g/mol. The van der Waals surface area contributed by atoms with E-state index in [4.69, 9.17) is 0 Å². The topological polar surface area (TPSA) is 47.0 Å². The highest BCUT2D eigenvalue weighted by Crippen LogP contribution is 2.28. The van der Waals surface area contributed by atoms with Crippen molar-refractivity contribution < 1.29 is 9.90 Å². The van der Waals surface area contributed by atoms with Crippen LogP contribution >= 0.6 is 0 Å². The molecule has 5 heteroatoms. The Balaban J connectivity index is 1.60. The summed E-state index contributed by atoms with van der Waals surface area (Å²) < 4.78 is 0. The molecule has 1 aromatic rings. The van der Waals surface area contributed by atoms with E-state index >= 15 is 0 Å². The van der Waals surface area contributed by atoms with Crippen LogP contribution in [0.5, 0.6) is 0 Å². The Labute approximate surface area is 144 Å². The molecule has 0 bridgehead atoms. The Kier molecular flexibility index (Phi) is 5.23. The van der Waals surface area contributed by atoms with E-state index in [1.54, 1.807) is 6.92 Å². The first-order valence-corrected chi connectivity index (χ1v) is 8.92. The second kappa shape index (κ2) is 7.21. The Hall–Kier alpha value is -1.43. The van der Waals surface area contributed by atoms with Gasteiger partial charge in [-0.05, 0) is 25.5 Å². The highest BCUT2D eigenvalue weighted by molar-refractivity contribution is 5.73. The molecule has 132 valence electrons. The molecule has 2 saturated heterocycles. The number of piperazine rings is 1. The van der Waals surface area contributed by atoms with E-state index < -0.39 is 5.60 Å². The summed E-state index contributed by atoms with van der Waals surface area (Å²) in [6.07, 6.45) is 1.35. The van der Waals surface area contributed by atoms with Gasteiger partial charge in [-0.15, -0.1) is 0 Å². The van der Waals surface area contributed by atoms with Gasteiger partial charge in [0, 0.05) is 52.2 Å². The number of nitrogens with zero attached hydrogens (tertiary/aromatic N) is 3. The van der Waals surface area contributed by atoms with Gasteiger partial charge in [0.25, 0.3) is 0 Å². The number of likely N-dealkylation sites (tertiary alicyclic amines) is 1. The number of β-amino-alcohol motifs (C(OH)–C–C–N with tert-alkyl or cyclic N) is 1. The summed E-state index contributed by atoms with van der Waals surface area (Å²) in [6, 6.07) is 11.0. The van der Waals surface area contributed by atoms with Crippen molar-refractivity contribution in [3.05, 3.63) is 35.9 Å². The van der Waals surface area contributed by atoms with Crippen LogP contribution in [-0.2, 0) is 4.79 Å². The fourth-order valence-corrected chi connectivity index (χ4v) is 3.92. The Morgan fingerprint density at radius 2 is 1.83 bits per heavy atom. The first-order chi connectivity index (χ1) is 11.5. The van der Waals surface area contributed by atoms with E-state index in [2.05, 4.69) is 47.2 Å². The molecule has 1 atom stereocenters. The monoisotopic (exact) mass is 331 g/mol. The normalized spacial score (nSPS) is 25.6. The average molecular weight is 331 g/mol. The Morgan fingerprint density at radius 1 is 1.17 bits per heavy atom. The molecule has 1 N–H and O–H groups in total. The number of benzene rings is 1. The number of aliphatic hydroxyl groups is 1. The van der Waals surface area contributed by atoms with Crippen molar-refractivity contribution in [2.45, 2.75) is 31.4 Å². The maximum atomic E-state index is 11.5. The molecule has 0 aliphatic carbocycles. The van der Waals surface area contributed by atoms with Crippen LogP contribution < -0.4 is 0 Å². The van der Waals surface area contributed by atoms with Crippen LogP contribution in [0.2, 0.25) is 0 Å². The summed E-state index contributed by atoms with van der Waals surface area (Å²) in [4.78, 5) is 18.1. The smallest absolute Gasteiger partial charge is 0.219 e. The second-order valence-corrected chi connectivity index (χ2v) is 7.37. The zero-order valence-corrected chi connectivity index (χ0v) is 14.8. The van der Waals surface area contributed by atoms with Crippen molar-refractivity contribution in [1.82, 2.24) is 14.7 Å².